The number of nitrogens with zero attached hydrogens (tertiary/aromatic N) is 2. The van der Waals surface area contributed by atoms with E-state index in [1.807, 2.05) is 0 Å². The number of carbonyl (C=O) groups excluding carboxylic acids is 1. The molecule has 0 aliphatic heterocycles. The highest BCUT2D eigenvalue weighted by molar-refractivity contribution is 5.89. The van der Waals surface area contributed by atoms with E-state index in [4.69, 9.17) is 5.73 Å². The summed E-state index contributed by atoms with van der Waals surface area (Å²) in [6, 6.07) is 0. The Balaban J connectivity index is 3.17. The summed E-state index contributed by atoms with van der Waals surface area (Å²) >= 11 is 0. The molecule has 1 heterocycles. The Morgan fingerprint density at radius 1 is 1.62 bits per heavy atom. The van der Waals surface area contributed by atoms with Crippen molar-refractivity contribution in [3.05, 3.63) is 17.7 Å². The Morgan fingerprint density at radius 2 is 2.15 bits per heavy atom. The molecule has 72 valence electrons. The first-order chi connectivity index (χ1) is 5.82. The van der Waals surface area contributed by atoms with Gasteiger partial charge in [-0.25, -0.2) is 4.98 Å². The van der Waals surface area contributed by atoms with Crippen molar-refractivity contribution in [1.29, 1.82) is 0 Å². The van der Waals surface area contributed by atoms with Gasteiger partial charge >= 0.3 is 6.18 Å². The third kappa shape index (κ3) is 1.79. The topological polar surface area (TPSA) is 60.9 Å². The maximum atomic E-state index is 12.0. The largest absolute Gasteiger partial charge is 0.434 e. The van der Waals surface area contributed by atoms with Crippen LogP contribution in [0.1, 0.15) is 16.3 Å². The Morgan fingerprint density at radius 3 is 2.38 bits per heavy atom. The van der Waals surface area contributed by atoms with Gasteiger partial charge in [-0.1, -0.05) is 0 Å². The number of alkyl halides is 3. The van der Waals surface area contributed by atoms with Crippen LogP contribution in [0.2, 0.25) is 0 Å². The van der Waals surface area contributed by atoms with Crippen molar-refractivity contribution in [2.24, 2.45) is 12.8 Å². The van der Waals surface area contributed by atoms with E-state index < -0.39 is 23.6 Å². The molecule has 0 aromatic carbocycles. The van der Waals surface area contributed by atoms with E-state index in [0.717, 1.165) is 4.57 Å². The van der Waals surface area contributed by atoms with Gasteiger partial charge in [-0.05, 0) is 0 Å². The number of carbonyl (C=O) groups is 1. The van der Waals surface area contributed by atoms with Gasteiger partial charge in [-0.2, -0.15) is 13.2 Å². The number of rotatable bonds is 1. The minimum atomic E-state index is -4.55. The van der Waals surface area contributed by atoms with Crippen molar-refractivity contribution in [2.45, 2.75) is 6.18 Å². The summed E-state index contributed by atoms with van der Waals surface area (Å²) in [5.41, 5.74) is 3.66. The van der Waals surface area contributed by atoms with Gasteiger partial charge < -0.3 is 10.3 Å². The van der Waals surface area contributed by atoms with E-state index >= 15 is 0 Å². The Hall–Kier alpha value is -1.53. The number of imidazole rings is 1. The Labute approximate surface area is 71.2 Å². The molecule has 1 aromatic heterocycles. The lowest BCUT2D eigenvalue weighted by Crippen LogP contribution is -2.16. The van der Waals surface area contributed by atoms with Gasteiger partial charge in [0.1, 0.15) is 0 Å². The molecule has 1 rings (SSSR count). The normalized spacial score (nSPS) is 11.7. The zero-order chi connectivity index (χ0) is 10.2. The van der Waals surface area contributed by atoms with Crippen LogP contribution >= 0.6 is 0 Å². The van der Waals surface area contributed by atoms with Crippen LogP contribution in [0.3, 0.4) is 0 Å². The number of nitrogens with two attached hydrogens (primary N) is 1. The summed E-state index contributed by atoms with van der Waals surface area (Å²) in [5.74, 6) is -1.40. The zero-order valence-corrected chi connectivity index (χ0v) is 6.59. The fourth-order valence-corrected chi connectivity index (χ4v) is 0.832. The van der Waals surface area contributed by atoms with Crippen LogP contribution < -0.4 is 5.73 Å². The van der Waals surface area contributed by atoms with E-state index in [0.29, 0.717) is 6.20 Å². The molecule has 0 radical (unpaired) electrons. The van der Waals surface area contributed by atoms with Gasteiger partial charge in [-0.15, -0.1) is 0 Å². The molecule has 7 heteroatoms. The van der Waals surface area contributed by atoms with Crippen molar-refractivity contribution < 1.29 is 18.0 Å². The van der Waals surface area contributed by atoms with Crippen molar-refractivity contribution in [1.82, 2.24) is 9.55 Å². The van der Waals surface area contributed by atoms with Gasteiger partial charge in [0.15, 0.2) is 11.5 Å². The Kier molecular flexibility index (Phi) is 2.02. The molecule has 4 nitrogen and oxygen atoms in total. The fourth-order valence-electron chi connectivity index (χ4n) is 0.832. The lowest BCUT2D eigenvalue weighted by Gasteiger charge is -1.98. The van der Waals surface area contributed by atoms with Gasteiger partial charge in [0, 0.05) is 13.2 Å². The average Bonchev–Trinajstić information content (AvgIpc) is 2.29. The second-order valence-corrected chi connectivity index (χ2v) is 2.42. The van der Waals surface area contributed by atoms with Crippen LogP contribution in [0.25, 0.3) is 0 Å². The van der Waals surface area contributed by atoms with Crippen LogP contribution in [0, 0.1) is 0 Å². The monoisotopic (exact) mass is 193 g/mol. The van der Waals surface area contributed by atoms with E-state index in [1.54, 1.807) is 0 Å². The fraction of sp³-hybridized carbons (Fsp3) is 0.333. The van der Waals surface area contributed by atoms with Crippen LogP contribution in [0.4, 0.5) is 13.2 Å². The molecular weight excluding hydrogens is 187 g/mol. The lowest BCUT2D eigenvalue weighted by molar-refractivity contribution is -0.140. The van der Waals surface area contributed by atoms with Crippen LogP contribution in [0.15, 0.2) is 6.20 Å². The predicted octanol–water partition coefficient (Wildman–Crippen LogP) is 0.538. The first kappa shape index (κ1) is 9.56. The van der Waals surface area contributed by atoms with Gasteiger partial charge in [0.2, 0.25) is 0 Å². The molecule has 1 aromatic rings. The highest BCUT2D eigenvalue weighted by Crippen LogP contribution is 2.27. The third-order valence-electron chi connectivity index (χ3n) is 1.39. The molecular formula is C6H6F3N3O. The summed E-state index contributed by atoms with van der Waals surface area (Å²) in [6.07, 6.45) is -3.84. The van der Waals surface area contributed by atoms with Crippen molar-refractivity contribution in [3.63, 3.8) is 0 Å². The van der Waals surface area contributed by atoms with E-state index in [-0.39, 0.29) is 0 Å². The molecule has 0 aliphatic carbocycles. The number of aromatic nitrogens is 2. The van der Waals surface area contributed by atoms with E-state index in [1.165, 1.54) is 7.05 Å². The second kappa shape index (κ2) is 2.75. The summed E-state index contributed by atoms with van der Waals surface area (Å²) in [6.45, 7) is 0. The quantitative estimate of drug-likeness (QED) is 0.707. The van der Waals surface area contributed by atoms with Crippen molar-refractivity contribution >= 4 is 5.91 Å². The average molecular weight is 193 g/mol. The second-order valence-electron chi connectivity index (χ2n) is 2.42. The van der Waals surface area contributed by atoms with Crippen molar-refractivity contribution in [2.75, 3.05) is 0 Å². The molecule has 0 unspecified atom stereocenters. The molecule has 0 saturated carbocycles. The highest BCUT2D eigenvalue weighted by atomic mass is 19.4. The standard InChI is InChI=1S/C6H6F3N3O/c1-12-2-3(6(7,8)9)11-5(12)4(10)13/h2H,1H3,(H2,10,13). The minimum absolute atomic E-state index is 0.410. The summed E-state index contributed by atoms with van der Waals surface area (Å²) in [5, 5.41) is 0. The van der Waals surface area contributed by atoms with Gasteiger partial charge in [0.05, 0.1) is 0 Å². The summed E-state index contributed by atoms with van der Waals surface area (Å²) in [4.78, 5) is 13.6. The van der Waals surface area contributed by atoms with Crippen LogP contribution in [-0.2, 0) is 13.2 Å². The number of hydrogen-bond acceptors (Lipinski definition) is 2. The molecule has 0 saturated heterocycles. The predicted molar refractivity (Wildman–Crippen MR) is 36.7 cm³/mol. The maximum absolute atomic E-state index is 12.0. The maximum Gasteiger partial charge on any atom is 0.434 e. The summed E-state index contributed by atoms with van der Waals surface area (Å²) in [7, 11) is 1.27. The van der Waals surface area contributed by atoms with E-state index in [2.05, 4.69) is 4.98 Å². The minimum Gasteiger partial charge on any atom is -0.363 e. The molecule has 0 aliphatic rings. The lowest BCUT2D eigenvalue weighted by atomic mass is 10.5. The van der Waals surface area contributed by atoms with E-state index in [9.17, 15) is 18.0 Å². The molecule has 1 amide bonds. The molecule has 0 bridgehead atoms. The number of aryl methyl sites for hydroxylation is 1. The third-order valence-corrected chi connectivity index (χ3v) is 1.39. The van der Waals surface area contributed by atoms with Gasteiger partial charge in [0.25, 0.3) is 5.91 Å². The van der Waals surface area contributed by atoms with Gasteiger partial charge in [-0.3, -0.25) is 4.79 Å². The molecule has 2 N–H and O–H groups in total. The number of halogens is 3. The number of primary amides is 1. The van der Waals surface area contributed by atoms with Crippen LogP contribution in [0.5, 0.6) is 0 Å². The number of hydrogen-bond donors (Lipinski definition) is 1. The van der Waals surface area contributed by atoms with Crippen LogP contribution in [-0.4, -0.2) is 15.5 Å². The first-order valence-electron chi connectivity index (χ1n) is 3.22. The molecule has 0 fully saturated rings. The Bertz CT molecular complexity index is 341. The highest BCUT2D eigenvalue weighted by Gasteiger charge is 2.34. The SMILES string of the molecule is Cn1cc(C(F)(F)F)nc1C(N)=O. The zero-order valence-electron chi connectivity index (χ0n) is 6.59. The molecule has 0 spiro atoms. The molecule has 13 heavy (non-hydrogen) atoms. The number of amides is 1. The smallest absolute Gasteiger partial charge is 0.363 e. The summed E-state index contributed by atoms with van der Waals surface area (Å²) < 4.78 is 37.0. The first-order valence-corrected chi connectivity index (χ1v) is 3.22. The molecule has 0 atom stereocenters. The van der Waals surface area contributed by atoms with Crippen molar-refractivity contribution in [3.8, 4) is 0 Å².